The zero-order chi connectivity index (χ0) is 15.5. The van der Waals surface area contributed by atoms with E-state index >= 15 is 0 Å². The fraction of sp³-hybridized carbons (Fsp3) is 0.158. The summed E-state index contributed by atoms with van der Waals surface area (Å²) in [5.74, 6) is 0. The molecule has 1 aliphatic rings. The summed E-state index contributed by atoms with van der Waals surface area (Å²) >= 11 is 0. The summed E-state index contributed by atoms with van der Waals surface area (Å²) < 4.78 is 0. The van der Waals surface area contributed by atoms with E-state index in [1.807, 2.05) is 30.4 Å². The van der Waals surface area contributed by atoms with Gasteiger partial charge in [-0.3, -0.25) is 0 Å². The lowest BCUT2D eigenvalue weighted by molar-refractivity contribution is 0.665. The second-order valence-electron chi connectivity index (χ2n) is 5.51. The largest absolute Gasteiger partial charge is 0.362 e. The summed E-state index contributed by atoms with van der Waals surface area (Å²) in [6.45, 7) is 5.81. The van der Waals surface area contributed by atoms with Crippen molar-refractivity contribution in [1.29, 1.82) is 0 Å². The number of hydrogen-bond donors (Lipinski definition) is 2. The molecule has 0 amide bonds. The molecule has 0 aromatic heterocycles. The van der Waals surface area contributed by atoms with Gasteiger partial charge in [-0.2, -0.15) is 0 Å². The molecule has 2 aromatic rings. The fourth-order valence-electron chi connectivity index (χ4n) is 2.82. The van der Waals surface area contributed by atoms with Gasteiger partial charge in [-0.1, -0.05) is 49.1 Å². The van der Waals surface area contributed by atoms with E-state index in [9.17, 15) is 0 Å². The highest BCUT2D eigenvalue weighted by molar-refractivity contribution is 5.83. The third-order valence-electron chi connectivity index (χ3n) is 3.86. The standard InChI is InChI=1S/C19H21N3/c1-3-4-10-16(20)19-21-17-13-14(2)11-12-18(17)22(19)15-8-6-5-7-9-15/h3-13,16,19,21H,1,20H2,2H3/b10-4-. The molecule has 0 aliphatic carbocycles. The van der Waals surface area contributed by atoms with E-state index in [0.717, 1.165) is 17.1 Å². The van der Waals surface area contributed by atoms with Gasteiger partial charge in [-0.05, 0) is 36.8 Å². The Labute approximate surface area is 131 Å². The van der Waals surface area contributed by atoms with Gasteiger partial charge in [-0.15, -0.1) is 0 Å². The van der Waals surface area contributed by atoms with Crippen LogP contribution in [0.15, 0.2) is 73.3 Å². The Bertz CT molecular complexity index is 691. The summed E-state index contributed by atoms with van der Waals surface area (Å²) in [5.41, 5.74) is 11.0. The number of aryl methyl sites for hydroxylation is 1. The third-order valence-corrected chi connectivity index (χ3v) is 3.86. The van der Waals surface area contributed by atoms with Gasteiger partial charge in [0.2, 0.25) is 0 Å². The molecule has 3 rings (SSSR count). The number of nitrogens with one attached hydrogen (secondary N) is 1. The molecule has 2 aromatic carbocycles. The predicted octanol–water partition coefficient (Wildman–Crippen LogP) is 3.95. The molecule has 2 atom stereocenters. The van der Waals surface area contributed by atoms with Gasteiger partial charge < -0.3 is 16.0 Å². The Hall–Kier alpha value is -2.52. The average molecular weight is 291 g/mol. The molecular formula is C19H21N3. The SMILES string of the molecule is C=C/C=C\C(N)C1Nc2cc(C)ccc2N1c1ccccc1. The lowest BCUT2D eigenvalue weighted by Crippen LogP contribution is -2.46. The van der Waals surface area contributed by atoms with Crippen molar-refractivity contribution in [1.82, 2.24) is 0 Å². The van der Waals surface area contributed by atoms with Crippen LogP contribution in [0.2, 0.25) is 0 Å². The molecule has 0 radical (unpaired) electrons. The molecule has 3 nitrogen and oxygen atoms in total. The molecule has 1 heterocycles. The van der Waals surface area contributed by atoms with Crippen molar-refractivity contribution in [3.8, 4) is 0 Å². The van der Waals surface area contributed by atoms with Crippen molar-refractivity contribution in [3.05, 3.63) is 78.9 Å². The van der Waals surface area contributed by atoms with Crippen LogP contribution in [0.4, 0.5) is 17.1 Å². The number of benzene rings is 2. The van der Waals surface area contributed by atoms with Crippen LogP contribution < -0.4 is 16.0 Å². The van der Waals surface area contributed by atoms with Crippen LogP contribution in [0, 0.1) is 6.92 Å². The van der Waals surface area contributed by atoms with Gasteiger partial charge in [0.25, 0.3) is 0 Å². The minimum absolute atomic E-state index is 0.0181. The number of para-hydroxylation sites is 1. The number of hydrogen-bond acceptors (Lipinski definition) is 3. The molecule has 0 bridgehead atoms. The molecule has 1 aliphatic heterocycles. The molecule has 22 heavy (non-hydrogen) atoms. The van der Waals surface area contributed by atoms with Gasteiger partial charge in [0.1, 0.15) is 6.17 Å². The van der Waals surface area contributed by atoms with E-state index in [0.29, 0.717) is 0 Å². The first-order valence-corrected chi connectivity index (χ1v) is 7.47. The van der Waals surface area contributed by atoms with Crippen LogP contribution in [0.25, 0.3) is 0 Å². The molecule has 112 valence electrons. The smallest absolute Gasteiger partial charge is 0.123 e. The highest BCUT2D eigenvalue weighted by atomic mass is 15.3. The summed E-state index contributed by atoms with van der Waals surface area (Å²) in [4.78, 5) is 2.26. The van der Waals surface area contributed by atoms with Gasteiger partial charge in [0, 0.05) is 5.69 Å². The van der Waals surface area contributed by atoms with Gasteiger partial charge >= 0.3 is 0 Å². The second-order valence-corrected chi connectivity index (χ2v) is 5.51. The number of anilines is 3. The molecule has 0 saturated heterocycles. The Morgan fingerprint density at radius 3 is 2.73 bits per heavy atom. The summed E-state index contributed by atoms with van der Waals surface area (Å²) in [7, 11) is 0. The van der Waals surface area contributed by atoms with Crippen LogP contribution in [-0.2, 0) is 0 Å². The van der Waals surface area contributed by atoms with Crippen LogP contribution in [0.5, 0.6) is 0 Å². The lowest BCUT2D eigenvalue weighted by atomic mass is 10.1. The Kier molecular flexibility index (Phi) is 3.98. The first-order chi connectivity index (χ1) is 10.7. The highest BCUT2D eigenvalue weighted by Crippen LogP contribution is 2.41. The van der Waals surface area contributed by atoms with E-state index in [2.05, 4.69) is 54.1 Å². The van der Waals surface area contributed by atoms with Crippen LogP contribution in [-0.4, -0.2) is 12.2 Å². The van der Waals surface area contributed by atoms with Crippen LogP contribution in [0.3, 0.4) is 0 Å². The number of nitrogens with two attached hydrogens (primary N) is 1. The molecule has 0 spiro atoms. The quantitative estimate of drug-likeness (QED) is 0.838. The summed E-state index contributed by atoms with van der Waals surface area (Å²) in [6, 6.07) is 16.6. The van der Waals surface area contributed by atoms with Crippen molar-refractivity contribution < 1.29 is 0 Å². The predicted molar refractivity (Wildman–Crippen MR) is 94.5 cm³/mol. The maximum atomic E-state index is 6.37. The van der Waals surface area contributed by atoms with Gasteiger partial charge in [0.05, 0.1) is 17.4 Å². The Morgan fingerprint density at radius 2 is 2.00 bits per heavy atom. The highest BCUT2D eigenvalue weighted by Gasteiger charge is 2.32. The number of nitrogens with zero attached hydrogens (tertiary/aromatic N) is 1. The van der Waals surface area contributed by atoms with Crippen molar-refractivity contribution >= 4 is 17.1 Å². The maximum Gasteiger partial charge on any atom is 0.123 e. The van der Waals surface area contributed by atoms with Crippen LogP contribution >= 0.6 is 0 Å². The van der Waals surface area contributed by atoms with Crippen molar-refractivity contribution in [2.45, 2.75) is 19.1 Å². The minimum atomic E-state index is -0.147. The maximum absolute atomic E-state index is 6.37. The van der Waals surface area contributed by atoms with E-state index in [1.165, 1.54) is 5.56 Å². The van der Waals surface area contributed by atoms with E-state index in [-0.39, 0.29) is 12.2 Å². The molecule has 2 unspecified atom stereocenters. The molecule has 3 N–H and O–H groups in total. The first-order valence-electron chi connectivity index (χ1n) is 7.47. The zero-order valence-corrected chi connectivity index (χ0v) is 12.7. The Morgan fingerprint density at radius 1 is 1.23 bits per heavy atom. The molecular weight excluding hydrogens is 270 g/mol. The van der Waals surface area contributed by atoms with Crippen LogP contribution in [0.1, 0.15) is 5.56 Å². The van der Waals surface area contributed by atoms with E-state index in [4.69, 9.17) is 5.73 Å². The van der Waals surface area contributed by atoms with Crippen molar-refractivity contribution in [2.75, 3.05) is 10.2 Å². The second kappa shape index (κ2) is 6.08. The van der Waals surface area contributed by atoms with E-state index in [1.54, 1.807) is 6.08 Å². The third kappa shape index (κ3) is 2.63. The van der Waals surface area contributed by atoms with Gasteiger partial charge in [-0.25, -0.2) is 0 Å². The normalized spacial score (nSPS) is 18.1. The number of fused-ring (bicyclic) bond motifs is 1. The number of allylic oxidation sites excluding steroid dienone is 2. The average Bonchev–Trinajstić information content (AvgIpc) is 2.91. The first kappa shape index (κ1) is 14.4. The number of rotatable bonds is 4. The van der Waals surface area contributed by atoms with Gasteiger partial charge in [0.15, 0.2) is 0 Å². The van der Waals surface area contributed by atoms with Crippen molar-refractivity contribution in [3.63, 3.8) is 0 Å². The molecule has 0 fully saturated rings. The molecule has 0 saturated carbocycles. The topological polar surface area (TPSA) is 41.3 Å². The van der Waals surface area contributed by atoms with Crippen molar-refractivity contribution in [2.24, 2.45) is 5.73 Å². The Balaban J connectivity index is 2.03. The monoisotopic (exact) mass is 291 g/mol. The zero-order valence-electron chi connectivity index (χ0n) is 12.7. The lowest BCUT2D eigenvalue weighted by Gasteiger charge is -2.30. The van der Waals surface area contributed by atoms with E-state index < -0.39 is 0 Å². The summed E-state index contributed by atoms with van der Waals surface area (Å²) in [6.07, 6.45) is 5.60. The molecule has 3 heteroatoms. The minimum Gasteiger partial charge on any atom is -0.362 e. The fourth-order valence-corrected chi connectivity index (χ4v) is 2.82. The summed E-state index contributed by atoms with van der Waals surface area (Å²) in [5, 5.41) is 3.55.